The van der Waals surface area contributed by atoms with Crippen molar-refractivity contribution >= 4 is 40.1 Å². The Morgan fingerprint density at radius 1 is 1.24 bits per heavy atom. The molecule has 1 saturated carbocycles. The molecule has 1 saturated heterocycles. The van der Waals surface area contributed by atoms with E-state index in [1.807, 2.05) is 26.0 Å². The highest BCUT2D eigenvalue weighted by Crippen LogP contribution is 2.46. The Kier molecular flexibility index (Phi) is 5.06. The van der Waals surface area contributed by atoms with Crippen molar-refractivity contribution in [2.45, 2.75) is 26.0 Å². The number of halogens is 1. The number of aryl methyl sites for hydroxylation is 1. The fourth-order valence-corrected chi connectivity index (χ4v) is 4.99. The number of piperidine rings is 1. The summed E-state index contributed by atoms with van der Waals surface area (Å²) in [6, 6.07) is 6.51. The second-order valence-electron chi connectivity index (χ2n) is 8.95. The van der Waals surface area contributed by atoms with E-state index in [1.54, 1.807) is 17.7 Å². The minimum absolute atomic E-state index is 0.0928. The lowest BCUT2D eigenvalue weighted by atomic mass is 10.0. The smallest absolute Gasteiger partial charge is 0.356 e. The Labute approximate surface area is 194 Å². The summed E-state index contributed by atoms with van der Waals surface area (Å²) in [4.78, 5) is 35.8. The number of rotatable bonds is 5. The summed E-state index contributed by atoms with van der Waals surface area (Å²) in [7, 11) is 1.71. The number of aromatic nitrogens is 3. The van der Waals surface area contributed by atoms with E-state index in [-0.39, 0.29) is 40.4 Å². The highest BCUT2D eigenvalue weighted by Gasteiger charge is 2.55. The van der Waals surface area contributed by atoms with Crippen LogP contribution in [0.1, 0.15) is 34.6 Å². The van der Waals surface area contributed by atoms with Crippen LogP contribution < -0.4 is 15.8 Å². The number of aliphatic hydroxyl groups excluding tert-OH is 1. The number of benzene rings is 1. The Balaban J connectivity index is 1.58. The fourth-order valence-electron chi connectivity index (χ4n) is 4.84. The van der Waals surface area contributed by atoms with Gasteiger partial charge in [0.2, 0.25) is 5.95 Å². The fraction of sp³-hybridized carbons (Fsp3) is 0.391. The molecule has 4 atom stereocenters. The first-order valence-corrected chi connectivity index (χ1v) is 11.1. The molecule has 2 aromatic heterocycles. The van der Waals surface area contributed by atoms with Crippen LogP contribution in [-0.2, 0) is 7.05 Å². The van der Waals surface area contributed by atoms with Gasteiger partial charge in [-0.3, -0.25) is 9.36 Å². The van der Waals surface area contributed by atoms with Gasteiger partial charge in [0.05, 0.1) is 28.7 Å². The second-order valence-corrected chi connectivity index (χ2v) is 9.34. The third kappa shape index (κ3) is 3.61. The summed E-state index contributed by atoms with van der Waals surface area (Å²) in [5, 5.41) is 23.2. The van der Waals surface area contributed by atoms with Crippen LogP contribution in [0, 0.1) is 18.8 Å². The van der Waals surface area contributed by atoms with Gasteiger partial charge in [-0.2, -0.15) is 0 Å². The summed E-state index contributed by atoms with van der Waals surface area (Å²) < 4.78 is 1.56. The van der Waals surface area contributed by atoms with E-state index in [0.717, 1.165) is 11.1 Å². The SMILES string of the molecule is Cc1cc([C@@H](C)Nc2ccc(Cl)nc2C(=O)O)c2nc(N3C[C@@H]4C(O)[C@@H]4C3)n(C)c(=O)c2c1. The monoisotopic (exact) mass is 469 g/mol. The van der Waals surface area contributed by atoms with Gasteiger partial charge < -0.3 is 20.4 Å². The first-order chi connectivity index (χ1) is 15.7. The number of aromatic carboxylic acids is 1. The number of carboxylic acids is 1. The van der Waals surface area contributed by atoms with Crippen LogP contribution >= 0.6 is 11.6 Å². The van der Waals surface area contributed by atoms with E-state index in [4.69, 9.17) is 16.6 Å². The Morgan fingerprint density at radius 3 is 2.61 bits per heavy atom. The minimum atomic E-state index is -1.19. The lowest BCUT2D eigenvalue weighted by Gasteiger charge is -2.24. The molecule has 1 aliphatic heterocycles. The van der Waals surface area contributed by atoms with E-state index in [1.165, 1.54) is 6.07 Å². The van der Waals surface area contributed by atoms with Crippen molar-refractivity contribution in [3.8, 4) is 0 Å². The number of nitrogens with one attached hydrogen (secondary N) is 1. The van der Waals surface area contributed by atoms with E-state index >= 15 is 0 Å². The van der Waals surface area contributed by atoms with Crippen molar-refractivity contribution in [2.24, 2.45) is 18.9 Å². The van der Waals surface area contributed by atoms with Crippen molar-refractivity contribution < 1.29 is 15.0 Å². The molecular formula is C23H24ClN5O4. The van der Waals surface area contributed by atoms with Gasteiger partial charge in [0.25, 0.3) is 5.56 Å². The molecule has 3 aromatic rings. The van der Waals surface area contributed by atoms with Crippen LogP contribution in [0.5, 0.6) is 0 Å². The number of hydrogen-bond donors (Lipinski definition) is 3. The molecule has 10 heteroatoms. The summed E-state index contributed by atoms with van der Waals surface area (Å²) in [6.45, 7) is 5.13. The highest BCUT2D eigenvalue weighted by atomic mass is 35.5. The molecule has 1 aliphatic carbocycles. The predicted octanol–water partition coefficient (Wildman–Crippen LogP) is 2.59. The maximum Gasteiger partial charge on any atom is 0.356 e. The first-order valence-electron chi connectivity index (χ1n) is 10.8. The molecule has 9 nitrogen and oxygen atoms in total. The number of nitrogens with zero attached hydrogens (tertiary/aromatic N) is 4. The van der Waals surface area contributed by atoms with Gasteiger partial charge >= 0.3 is 5.97 Å². The van der Waals surface area contributed by atoms with Gasteiger partial charge in [-0.05, 0) is 37.6 Å². The zero-order chi connectivity index (χ0) is 23.6. The lowest BCUT2D eigenvalue weighted by molar-refractivity contribution is 0.0691. The van der Waals surface area contributed by atoms with Crippen molar-refractivity contribution in [3.63, 3.8) is 0 Å². The quantitative estimate of drug-likeness (QED) is 0.487. The van der Waals surface area contributed by atoms with Crippen LogP contribution in [0.25, 0.3) is 10.9 Å². The largest absolute Gasteiger partial charge is 0.476 e. The molecule has 1 unspecified atom stereocenters. The summed E-state index contributed by atoms with van der Waals surface area (Å²) >= 11 is 5.88. The van der Waals surface area contributed by atoms with Crippen LogP contribution in [-0.4, -0.2) is 49.9 Å². The van der Waals surface area contributed by atoms with Gasteiger partial charge in [0.15, 0.2) is 5.69 Å². The number of aliphatic hydroxyl groups is 1. The van der Waals surface area contributed by atoms with Crippen molar-refractivity contribution in [3.05, 3.63) is 56.6 Å². The lowest BCUT2D eigenvalue weighted by Crippen LogP contribution is -2.33. The third-order valence-corrected chi connectivity index (χ3v) is 6.88. The molecule has 3 N–H and O–H groups in total. The van der Waals surface area contributed by atoms with Gasteiger partial charge in [0, 0.05) is 37.5 Å². The number of carbonyl (C=O) groups is 1. The molecule has 0 amide bonds. The maximum atomic E-state index is 13.3. The predicted molar refractivity (Wildman–Crippen MR) is 125 cm³/mol. The molecule has 3 heterocycles. The van der Waals surface area contributed by atoms with E-state index in [0.29, 0.717) is 35.6 Å². The molecule has 1 aromatic carbocycles. The second kappa shape index (κ2) is 7.71. The molecular weight excluding hydrogens is 446 g/mol. The number of hydrogen-bond acceptors (Lipinski definition) is 7. The summed E-state index contributed by atoms with van der Waals surface area (Å²) in [5.41, 5.74) is 2.25. The zero-order valence-electron chi connectivity index (χ0n) is 18.4. The van der Waals surface area contributed by atoms with E-state index in [9.17, 15) is 19.8 Å². The van der Waals surface area contributed by atoms with Gasteiger partial charge in [-0.25, -0.2) is 14.8 Å². The molecule has 0 spiro atoms. The first kappa shape index (κ1) is 21.7. The molecule has 0 bridgehead atoms. The summed E-state index contributed by atoms with van der Waals surface area (Å²) in [5.74, 6) is -0.140. The molecule has 172 valence electrons. The van der Waals surface area contributed by atoms with Gasteiger partial charge in [-0.1, -0.05) is 17.7 Å². The summed E-state index contributed by atoms with van der Waals surface area (Å²) in [6.07, 6.45) is -0.252. The Morgan fingerprint density at radius 2 is 1.94 bits per heavy atom. The molecule has 2 fully saturated rings. The topological polar surface area (TPSA) is 121 Å². The van der Waals surface area contributed by atoms with Crippen LogP contribution in [0.4, 0.5) is 11.6 Å². The molecule has 0 radical (unpaired) electrons. The average molecular weight is 470 g/mol. The van der Waals surface area contributed by atoms with E-state index in [2.05, 4.69) is 15.2 Å². The van der Waals surface area contributed by atoms with Crippen molar-refractivity contribution in [2.75, 3.05) is 23.3 Å². The number of fused-ring (bicyclic) bond motifs is 2. The van der Waals surface area contributed by atoms with E-state index < -0.39 is 5.97 Å². The third-order valence-electron chi connectivity index (χ3n) is 6.66. The van der Waals surface area contributed by atoms with Crippen LogP contribution in [0.2, 0.25) is 5.15 Å². The molecule has 33 heavy (non-hydrogen) atoms. The Hall–Kier alpha value is -3.17. The van der Waals surface area contributed by atoms with Gasteiger partial charge in [0.1, 0.15) is 5.15 Å². The van der Waals surface area contributed by atoms with Crippen molar-refractivity contribution in [1.29, 1.82) is 0 Å². The Bertz CT molecular complexity index is 1340. The minimum Gasteiger partial charge on any atom is -0.476 e. The molecule has 2 aliphatic rings. The zero-order valence-corrected chi connectivity index (χ0v) is 19.2. The van der Waals surface area contributed by atoms with Crippen LogP contribution in [0.3, 0.4) is 0 Å². The van der Waals surface area contributed by atoms with Crippen molar-refractivity contribution in [1.82, 2.24) is 14.5 Å². The highest BCUT2D eigenvalue weighted by molar-refractivity contribution is 6.29. The maximum absolute atomic E-state index is 13.3. The van der Waals surface area contributed by atoms with Gasteiger partial charge in [-0.15, -0.1) is 0 Å². The standard InChI is InChI=1S/C23H24ClN5O4/c1-10-6-12(11(2)25-16-4-5-17(24)26-19(16)22(32)33)18-13(7-10)21(31)28(3)23(27-18)29-8-14-15(9-29)20(14)30/h4-7,11,14-15,20,25,30H,8-9H2,1-3H3,(H,32,33)/t11-,14-,15+,20?/m1/s1. The molecule has 5 rings (SSSR count). The normalized spacial score (nSPS) is 22.3. The number of anilines is 2. The average Bonchev–Trinajstić information content (AvgIpc) is 3.17. The number of carboxylic acid groups (broad SMARTS) is 1. The number of pyridine rings is 1. The van der Waals surface area contributed by atoms with Crippen LogP contribution in [0.15, 0.2) is 29.1 Å².